The van der Waals surface area contributed by atoms with Crippen molar-refractivity contribution in [1.29, 1.82) is 5.26 Å². The van der Waals surface area contributed by atoms with E-state index in [0.29, 0.717) is 11.6 Å². The summed E-state index contributed by atoms with van der Waals surface area (Å²) in [6, 6.07) is 4.34. The Labute approximate surface area is 114 Å². The molecule has 0 aliphatic carbocycles. The SMILES string of the molecule is N#Cc1cnn(C2CN(c3nccn4nccc34)C2)c1. The van der Waals surface area contributed by atoms with Gasteiger partial charge >= 0.3 is 0 Å². The molecule has 0 atom stereocenters. The van der Waals surface area contributed by atoms with Crippen LogP contribution in [0.3, 0.4) is 0 Å². The molecule has 3 aromatic heterocycles. The summed E-state index contributed by atoms with van der Waals surface area (Å²) >= 11 is 0. The third-order valence-electron chi connectivity index (χ3n) is 3.57. The van der Waals surface area contributed by atoms with Gasteiger partial charge in [0.2, 0.25) is 0 Å². The van der Waals surface area contributed by atoms with Crippen LogP contribution in [-0.2, 0) is 0 Å². The second-order valence-electron chi connectivity index (χ2n) is 4.79. The van der Waals surface area contributed by atoms with E-state index in [9.17, 15) is 0 Å². The molecular formula is C13H11N7. The van der Waals surface area contributed by atoms with Gasteiger partial charge in [0.25, 0.3) is 0 Å². The lowest BCUT2D eigenvalue weighted by Gasteiger charge is -2.40. The standard InChI is InChI=1S/C13H11N7/c14-5-10-6-17-20(7-10)11-8-18(9-11)13-12-1-2-16-19(12)4-3-15-13/h1-4,6-7,11H,8-9H2. The molecule has 0 amide bonds. The minimum atomic E-state index is 0.294. The predicted molar refractivity (Wildman–Crippen MR) is 71.2 cm³/mol. The Morgan fingerprint density at radius 1 is 1.25 bits per heavy atom. The third-order valence-corrected chi connectivity index (χ3v) is 3.57. The Hall–Kier alpha value is -2.88. The molecule has 3 aromatic rings. The molecular weight excluding hydrogens is 254 g/mol. The minimum Gasteiger partial charge on any atom is -0.350 e. The maximum atomic E-state index is 8.81. The summed E-state index contributed by atoms with van der Waals surface area (Å²) in [5, 5.41) is 17.2. The Balaban J connectivity index is 1.56. The molecule has 1 fully saturated rings. The number of hydrogen-bond acceptors (Lipinski definition) is 5. The first-order valence-electron chi connectivity index (χ1n) is 6.33. The monoisotopic (exact) mass is 265 g/mol. The molecule has 0 bridgehead atoms. The fraction of sp³-hybridized carbons (Fsp3) is 0.231. The van der Waals surface area contributed by atoms with Crippen LogP contribution in [-0.4, -0.2) is 37.5 Å². The van der Waals surface area contributed by atoms with Crippen molar-refractivity contribution in [2.75, 3.05) is 18.0 Å². The molecule has 0 unspecified atom stereocenters. The van der Waals surface area contributed by atoms with Crippen molar-refractivity contribution in [2.45, 2.75) is 6.04 Å². The molecule has 0 aromatic carbocycles. The number of fused-ring (bicyclic) bond motifs is 1. The van der Waals surface area contributed by atoms with E-state index in [1.54, 1.807) is 24.8 Å². The first-order chi connectivity index (χ1) is 9.85. The highest BCUT2D eigenvalue weighted by molar-refractivity contribution is 5.69. The van der Waals surface area contributed by atoms with Crippen LogP contribution in [0.2, 0.25) is 0 Å². The largest absolute Gasteiger partial charge is 0.350 e. The van der Waals surface area contributed by atoms with E-state index in [-0.39, 0.29) is 0 Å². The van der Waals surface area contributed by atoms with Gasteiger partial charge in [0.15, 0.2) is 5.82 Å². The van der Waals surface area contributed by atoms with Crippen LogP contribution >= 0.6 is 0 Å². The summed E-state index contributed by atoms with van der Waals surface area (Å²) in [7, 11) is 0. The fourth-order valence-corrected chi connectivity index (χ4v) is 2.48. The summed E-state index contributed by atoms with van der Waals surface area (Å²) in [5.41, 5.74) is 1.60. The fourth-order valence-electron chi connectivity index (χ4n) is 2.48. The second kappa shape index (κ2) is 4.06. The molecule has 20 heavy (non-hydrogen) atoms. The maximum Gasteiger partial charge on any atom is 0.154 e. The van der Waals surface area contributed by atoms with Gasteiger partial charge in [-0.2, -0.15) is 15.5 Å². The topological polar surface area (TPSA) is 75.0 Å². The van der Waals surface area contributed by atoms with E-state index < -0.39 is 0 Å². The normalized spacial score (nSPS) is 15.2. The second-order valence-corrected chi connectivity index (χ2v) is 4.79. The Kier molecular flexibility index (Phi) is 2.23. The lowest BCUT2D eigenvalue weighted by atomic mass is 10.1. The summed E-state index contributed by atoms with van der Waals surface area (Å²) in [6.45, 7) is 1.68. The van der Waals surface area contributed by atoms with E-state index in [2.05, 4.69) is 26.2 Å². The number of nitriles is 1. The molecule has 4 heterocycles. The van der Waals surface area contributed by atoms with Gasteiger partial charge in [0, 0.05) is 31.7 Å². The minimum absolute atomic E-state index is 0.294. The molecule has 1 saturated heterocycles. The number of anilines is 1. The molecule has 4 rings (SSSR count). The Morgan fingerprint density at radius 2 is 2.15 bits per heavy atom. The zero-order valence-corrected chi connectivity index (χ0v) is 10.6. The quantitative estimate of drug-likeness (QED) is 0.687. The van der Waals surface area contributed by atoms with E-state index >= 15 is 0 Å². The number of nitrogens with zero attached hydrogens (tertiary/aromatic N) is 7. The van der Waals surface area contributed by atoms with Gasteiger partial charge in [-0.25, -0.2) is 9.50 Å². The van der Waals surface area contributed by atoms with Crippen LogP contribution in [0.5, 0.6) is 0 Å². The van der Waals surface area contributed by atoms with Gasteiger partial charge < -0.3 is 4.90 Å². The van der Waals surface area contributed by atoms with Gasteiger partial charge in [-0.3, -0.25) is 4.68 Å². The van der Waals surface area contributed by atoms with Gasteiger partial charge in [-0.05, 0) is 6.07 Å². The Morgan fingerprint density at radius 3 is 2.95 bits per heavy atom. The van der Waals surface area contributed by atoms with Crippen molar-refractivity contribution in [3.8, 4) is 6.07 Å². The van der Waals surface area contributed by atoms with Crippen LogP contribution in [0, 0.1) is 11.3 Å². The highest BCUT2D eigenvalue weighted by atomic mass is 15.4. The number of rotatable bonds is 2. The molecule has 98 valence electrons. The van der Waals surface area contributed by atoms with Gasteiger partial charge in [0.05, 0.1) is 24.0 Å². The lowest BCUT2D eigenvalue weighted by Crippen LogP contribution is -2.48. The van der Waals surface area contributed by atoms with E-state index in [4.69, 9.17) is 5.26 Å². The molecule has 0 saturated carbocycles. The number of hydrogen-bond donors (Lipinski definition) is 0. The lowest BCUT2D eigenvalue weighted by molar-refractivity contribution is 0.366. The van der Waals surface area contributed by atoms with Crippen molar-refractivity contribution in [2.24, 2.45) is 0 Å². The van der Waals surface area contributed by atoms with Crippen molar-refractivity contribution in [3.63, 3.8) is 0 Å². The summed E-state index contributed by atoms with van der Waals surface area (Å²) < 4.78 is 3.67. The van der Waals surface area contributed by atoms with Crippen molar-refractivity contribution in [3.05, 3.63) is 42.6 Å². The highest BCUT2D eigenvalue weighted by Gasteiger charge is 2.31. The van der Waals surface area contributed by atoms with Crippen LogP contribution < -0.4 is 4.90 Å². The van der Waals surface area contributed by atoms with Gasteiger partial charge in [-0.15, -0.1) is 0 Å². The van der Waals surface area contributed by atoms with Crippen LogP contribution in [0.1, 0.15) is 11.6 Å². The van der Waals surface area contributed by atoms with E-state index in [1.807, 2.05) is 21.5 Å². The molecule has 7 nitrogen and oxygen atoms in total. The van der Waals surface area contributed by atoms with Gasteiger partial charge in [0.1, 0.15) is 11.6 Å². The maximum absolute atomic E-state index is 8.81. The first-order valence-corrected chi connectivity index (χ1v) is 6.33. The van der Waals surface area contributed by atoms with Crippen LogP contribution in [0.4, 0.5) is 5.82 Å². The molecule has 1 aliphatic heterocycles. The zero-order valence-electron chi connectivity index (χ0n) is 10.6. The van der Waals surface area contributed by atoms with Crippen LogP contribution in [0.15, 0.2) is 37.1 Å². The smallest absolute Gasteiger partial charge is 0.154 e. The van der Waals surface area contributed by atoms with Crippen molar-refractivity contribution >= 4 is 11.3 Å². The summed E-state index contributed by atoms with van der Waals surface area (Å²) in [4.78, 5) is 6.62. The van der Waals surface area contributed by atoms with Crippen molar-refractivity contribution in [1.82, 2.24) is 24.4 Å². The predicted octanol–water partition coefficient (Wildman–Crippen LogP) is 0.859. The van der Waals surface area contributed by atoms with E-state index in [0.717, 1.165) is 24.4 Å². The van der Waals surface area contributed by atoms with Crippen molar-refractivity contribution < 1.29 is 0 Å². The molecule has 1 aliphatic rings. The highest BCUT2D eigenvalue weighted by Crippen LogP contribution is 2.28. The molecule has 7 heteroatoms. The molecule has 0 spiro atoms. The summed E-state index contributed by atoms with van der Waals surface area (Å²) in [5.74, 6) is 0.939. The average molecular weight is 265 g/mol. The number of aromatic nitrogens is 5. The average Bonchev–Trinajstić information content (AvgIpc) is 3.05. The Bertz CT molecular complexity index is 803. The van der Waals surface area contributed by atoms with E-state index in [1.165, 1.54) is 0 Å². The van der Waals surface area contributed by atoms with Crippen LogP contribution in [0.25, 0.3) is 5.52 Å². The molecule has 0 N–H and O–H groups in total. The van der Waals surface area contributed by atoms with Gasteiger partial charge in [-0.1, -0.05) is 0 Å². The molecule has 0 radical (unpaired) electrons. The zero-order chi connectivity index (χ0) is 13.5. The third kappa shape index (κ3) is 1.55. The summed E-state index contributed by atoms with van der Waals surface area (Å²) in [6.07, 6.45) is 8.74. The first kappa shape index (κ1) is 11.0.